The third-order valence-electron chi connectivity index (χ3n) is 4.30. The number of carbonyl (C=O) groups is 1. The van der Waals surface area contributed by atoms with Crippen LogP contribution < -0.4 is 0 Å². The monoisotopic (exact) mass is 254 g/mol. The number of likely N-dealkylation sites (tertiary alicyclic amines) is 1. The molecule has 2 aliphatic rings. The average molecular weight is 254 g/mol. The van der Waals surface area contributed by atoms with Crippen LogP contribution in [0.5, 0.6) is 0 Å². The number of amides is 1. The van der Waals surface area contributed by atoms with Crippen molar-refractivity contribution in [2.75, 3.05) is 26.2 Å². The lowest BCUT2D eigenvalue weighted by molar-refractivity contribution is -0.135. The second-order valence-corrected chi connectivity index (χ2v) is 5.78. The zero-order valence-electron chi connectivity index (χ0n) is 11.6. The Kier molecular flexibility index (Phi) is 4.62. The first-order valence-electron chi connectivity index (χ1n) is 7.31. The molecule has 4 nitrogen and oxygen atoms in total. The maximum absolute atomic E-state index is 12.3. The normalized spacial score (nSPS) is 26.4. The topological polar surface area (TPSA) is 43.8 Å². The van der Waals surface area contributed by atoms with E-state index >= 15 is 0 Å². The van der Waals surface area contributed by atoms with Crippen LogP contribution in [0, 0.1) is 5.92 Å². The molecule has 1 aliphatic carbocycles. The van der Waals surface area contributed by atoms with Gasteiger partial charge in [-0.25, -0.2) is 0 Å². The predicted octanol–water partition coefficient (Wildman–Crippen LogP) is 1.09. The van der Waals surface area contributed by atoms with Crippen molar-refractivity contribution in [2.24, 2.45) is 5.92 Å². The van der Waals surface area contributed by atoms with Crippen LogP contribution in [0.2, 0.25) is 0 Å². The molecule has 2 rings (SSSR count). The molecule has 0 spiro atoms. The van der Waals surface area contributed by atoms with E-state index in [2.05, 4.69) is 11.8 Å². The molecule has 104 valence electrons. The van der Waals surface area contributed by atoms with Gasteiger partial charge in [0, 0.05) is 25.0 Å². The number of hydrogen-bond donors (Lipinski definition) is 1. The highest BCUT2D eigenvalue weighted by molar-refractivity contribution is 5.78. The SMILES string of the molecule is CCN(CC(=O)N1CCCC(C(C)O)C1)C1CC1. The summed E-state index contributed by atoms with van der Waals surface area (Å²) in [5.74, 6) is 0.507. The van der Waals surface area contributed by atoms with E-state index in [1.807, 2.05) is 11.8 Å². The summed E-state index contributed by atoms with van der Waals surface area (Å²) in [6.07, 6.45) is 4.26. The molecule has 18 heavy (non-hydrogen) atoms. The van der Waals surface area contributed by atoms with Gasteiger partial charge in [-0.1, -0.05) is 6.92 Å². The Bertz CT molecular complexity index is 290. The van der Waals surface area contributed by atoms with Crippen molar-refractivity contribution in [3.63, 3.8) is 0 Å². The van der Waals surface area contributed by atoms with Crippen LogP contribution >= 0.6 is 0 Å². The van der Waals surface area contributed by atoms with E-state index in [1.54, 1.807) is 0 Å². The van der Waals surface area contributed by atoms with Gasteiger partial charge in [-0.15, -0.1) is 0 Å². The Morgan fingerprint density at radius 2 is 2.17 bits per heavy atom. The number of aliphatic hydroxyl groups excluding tert-OH is 1. The van der Waals surface area contributed by atoms with Crippen molar-refractivity contribution in [3.05, 3.63) is 0 Å². The number of rotatable bonds is 5. The lowest BCUT2D eigenvalue weighted by Gasteiger charge is -2.35. The molecule has 0 aromatic rings. The number of nitrogens with zero attached hydrogens (tertiary/aromatic N) is 2. The minimum atomic E-state index is -0.300. The third-order valence-corrected chi connectivity index (χ3v) is 4.30. The lowest BCUT2D eigenvalue weighted by atomic mass is 9.93. The molecule has 0 aromatic carbocycles. The molecule has 1 N–H and O–H groups in total. The van der Waals surface area contributed by atoms with E-state index in [4.69, 9.17) is 0 Å². The summed E-state index contributed by atoms with van der Waals surface area (Å²) in [7, 11) is 0. The van der Waals surface area contributed by atoms with E-state index < -0.39 is 0 Å². The van der Waals surface area contributed by atoms with Gasteiger partial charge in [-0.3, -0.25) is 9.69 Å². The van der Waals surface area contributed by atoms with E-state index in [0.29, 0.717) is 12.6 Å². The van der Waals surface area contributed by atoms with E-state index in [9.17, 15) is 9.90 Å². The van der Waals surface area contributed by atoms with E-state index in [0.717, 1.165) is 32.5 Å². The standard InChI is InChI=1S/C14H26N2O2/c1-3-15(13-6-7-13)10-14(18)16-8-4-5-12(9-16)11(2)17/h11-13,17H,3-10H2,1-2H3. The maximum Gasteiger partial charge on any atom is 0.236 e. The predicted molar refractivity (Wildman–Crippen MR) is 71.3 cm³/mol. The van der Waals surface area contributed by atoms with Crippen molar-refractivity contribution in [3.8, 4) is 0 Å². The molecule has 1 amide bonds. The molecule has 0 aromatic heterocycles. The molecule has 4 heteroatoms. The minimum absolute atomic E-state index is 0.245. The molecule has 1 saturated carbocycles. The zero-order valence-corrected chi connectivity index (χ0v) is 11.6. The number of aliphatic hydroxyl groups is 1. The van der Waals surface area contributed by atoms with Gasteiger partial charge in [0.05, 0.1) is 12.6 Å². The van der Waals surface area contributed by atoms with Gasteiger partial charge in [0.25, 0.3) is 0 Å². The highest BCUT2D eigenvalue weighted by Gasteiger charge is 2.32. The van der Waals surface area contributed by atoms with Gasteiger partial charge < -0.3 is 10.0 Å². The van der Waals surface area contributed by atoms with Crippen LogP contribution in [0.4, 0.5) is 0 Å². The Hall–Kier alpha value is -0.610. The molecule has 1 heterocycles. The fraction of sp³-hybridized carbons (Fsp3) is 0.929. The number of hydrogen-bond acceptors (Lipinski definition) is 3. The number of carbonyl (C=O) groups excluding carboxylic acids is 1. The molecule has 1 aliphatic heterocycles. The fourth-order valence-electron chi connectivity index (χ4n) is 2.84. The summed E-state index contributed by atoms with van der Waals surface area (Å²) in [6.45, 7) is 7.09. The first-order valence-corrected chi connectivity index (χ1v) is 7.31. The second kappa shape index (κ2) is 6.02. The van der Waals surface area contributed by atoms with Gasteiger partial charge in [-0.2, -0.15) is 0 Å². The summed E-state index contributed by atoms with van der Waals surface area (Å²) in [6, 6.07) is 0.649. The molecule has 2 fully saturated rings. The molecule has 0 radical (unpaired) electrons. The van der Waals surface area contributed by atoms with E-state index in [1.165, 1.54) is 12.8 Å². The van der Waals surface area contributed by atoms with Crippen molar-refractivity contribution in [1.82, 2.24) is 9.80 Å². The fourth-order valence-corrected chi connectivity index (χ4v) is 2.84. The molecular formula is C14H26N2O2. The van der Waals surface area contributed by atoms with E-state index in [-0.39, 0.29) is 17.9 Å². The summed E-state index contributed by atoms with van der Waals surface area (Å²) < 4.78 is 0. The van der Waals surface area contributed by atoms with Gasteiger partial charge >= 0.3 is 0 Å². The van der Waals surface area contributed by atoms with Crippen LogP contribution in [0.3, 0.4) is 0 Å². The van der Waals surface area contributed by atoms with Crippen molar-refractivity contribution in [1.29, 1.82) is 0 Å². The van der Waals surface area contributed by atoms with Crippen molar-refractivity contribution in [2.45, 2.75) is 51.7 Å². The first-order chi connectivity index (χ1) is 8.61. The molecule has 0 bridgehead atoms. The second-order valence-electron chi connectivity index (χ2n) is 5.78. The Labute approximate surface area is 110 Å². The molecule has 1 saturated heterocycles. The Morgan fingerprint density at radius 3 is 2.72 bits per heavy atom. The number of piperidine rings is 1. The molecule has 2 unspecified atom stereocenters. The van der Waals surface area contributed by atoms with Crippen LogP contribution in [0.15, 0.2) is 0 Å². The summed E-state index contributed by atoms with van der Waals surface area (Å²) in [4.78, 5) is 16.5. The quantitative estimate of drug-likeness (QED) is 0.799. The van der Waals surface area contributed by atoms with Crippen LogP contribution in [-0.2, 0) is 4.79 Å². The highest BCUT2D eigenvalue weighted by atomic mass is 16.3. The van der Waals surface area contributed by atoms with Gasteiger partial charge in [-0.05, 0) is 39.2 Å². The highest BCUT2D eigenvalue weighted by Crippen LogP contribution is 2.27. The number of likely N-dealkylation sites (N-methyl/N-ethyl adjacent to an activating group) is 1. The smallest absolute Gasteiger partial charge is 0.236 e. The van der Waals surface area contributed by atoms with Gasteiger partial charge in [0.15, 0.2) is 0 Å². The summed E-state index contributed by atoms with van der Waals surface area (Å²) in [5, 5.41) is 9.65. The molecular weight excluding hydrogens is 228 g/mol. The van der Waals surface area contributed by atoms with Crippen molar-refractivity contribution < 1.29 is 9.90 Å². The molecule has 2 atom stereocenters. The van der Waals surface area contributed by atoms with Gasteiger partial charge in [0.1, 0.15) is 0 Å². The third kappa shape index (κ3) is 3.45. The largest absolute Gasteiger partial charge is 0.393 e. The van der Waals surface area contributed by atoms with Crippen LogP contribution in [0.25, 0.3) is 0 Å². The summed E-state index contributed by atoms with van der Waals surface area (Å²) in [5.41, 5.74) is 0. The Balaban J connectivity index is 1.83. The minimum Gasteiger partial charge on any atom is -0.393 e. The Morgan fingerprint density at radius 1 is 1.44 bits per heavy atom. The van der Waals surface area contributed by atoms with Crippen LogP contribution in [0.1, 0.15) is 39.5 Å². The van der Waals surface area contributed by atoms with Crippen LogP contribution in [-0.4, -0.2) is 59.1 Å². The maximum atomic E-state index is 12.3. The zero-order chi connectivity index (χ0) is 13.1. The summed E-state index contributed by atoms with van der Waals surface area (Å²) >= 11 is 0. The lowest BCUT2D eigenvalue weighted by Crippen LogP contribution is -2.47. The first kappa shape index (κ1) is 13.8. The van der Waals surface area contributed by atoms with Gasteiger partial charge in [0.2, 0.25) is 5.91 Å². The average Bonchev–Trinajstić information content (AvgIpc) is 3.20. The van der Waals surface area contributed by atoms with Crippen molar-refractivity contribution >= 4 is 5.91 Å².